The second-order valence-electron chi connectivity index (χ2n) is 6.28. The van der Waals surface area contributed by atoms with E-state index in [1.165, 1.54) is 6.07 Å². The summed E-state index contributed by atoms with van der Waals surface area (Å²) in [6.07, 6.45) is 0. The van der Waals surface area contributed by atoms with Crippen LogP contribution in [0.5, 0.6) is 11.5 Å². The Morgan fingerprint density at radius 1 is 0.828 bits per heavy atom. The molecule has 0 bridgehead atoms. The molecule has 4 aromatic rings. The molecule has 0 aliphatic heterocycles. The molecule has 2 N–H and O–H groups in total. The van der Waals surface area contributed by atoms with Gasteiger partial charge in [0.15, 0.2) is 5.69 Å². The van der Waals surface area contributed by atoms with E-state index in [0.29, 0.717) is 28.1 Å². The molecule has 0 saturated carbocycles. The largest absolute Gasteiger partial charge is 0.476 e. The first kappa shape index (κ1) is 18.2. The van der Waals surface area contributed by atoms with E-state index >= 15 is 0 Å². The highest BCUT2D eigenvalue weighted by Crippen LogP contribution is 2.23. The number of ether oxygens (including phenoxy) is 1. The Balaban J connectivity index is 1.56. The predicted octanol–water partition coefficient (Wildman–Crippen LogP) is 4.98. The molecule has 0 atom stereocenters. The SMILES string of the molecule is O=C(Nc1ccc(Oc2ccccc2)cc1)c1cc2ccccc2nc1C(=O)O. The number of amides is 1. The third-order valence-electron chi connectivity index (χ3n) is 4.26. The van der Waals surface area contributed by atoms with Crippen molar-refractivity contribution < 1.29 is 19.4 Å². The number of rotatable bonds is 5. The van der Waals surface area contributed by atoms with Crippen LogP contribution < -0.4 is 10.1 Å². The van der Waals surface area contributed by atoms with Gasteiger partial charge >= 0.3 is 5.97 Å². The summed E-state index contributed by atoms with van der Waals surface area (Å²) in [6.45, 7) is 0. The number of aromatic nitrogens is 1. The molecule has 0 fully saturated rings. The molecular weight excluding hydrogens is 368 g/mol. The number of carboxylic acid groups (broad SMARTS) is 1. The smallest absolute Gasteiger partial charge is 0.355 e. The molecule has 0 radical (unpaired) electrons. The summed E-state index contributed by atoms with van der Waals surface area (Å²) in [5.74, 6) is -0.477. The molecule has 1 amide bonds. The molecule has 29 heavy (non-hydrogen) atoms. The van der Waals surface area contributed by atoms with Crippen LogP contribution in [-0.2, 0) is 0 Å². The second-order valence-corrected chi connectivity index (χ2v) is 6.28. The van der Waals surface area contributed by atoms with E-state index in [0.717, 1.165) is 0 Å². The number of nitrogens with one attached hydrogen (secondary N) is 1. The van der Waals surface area contributed by atoms with Crippen LogP contribution in [0.3, 0.4) is 0 Å². The van der Waals surface area contributed by atoms with Crippen molar-refractivity contribution in [3.8, 4) is 11.5 Å². The molecule has 6 nitrogen and oxygen atoms in total. The third kappa shape index (κ3) is 4.06. The Labute approximate surface area is 166 Å². The van der Waals surface area contributed by atoms with Gasteiger partial charge in [-0.25, -0.2) is 9.78 Å². The van der Waals surface area contributed by atoms with E-state index in [2.05, 4.69) is 10.3 Å². The van der Waals surface area contributed by atoms with Gasteiger partial charge in [-0.2, -0.15) is 0 Å². The maximum absolute atomic E-state index is 12.7. The summed E-state index contributed by atoms with van der Waals surface area (Å²) in [7, 11) is 0. The van der Waals surface area contributed by atoms with Crippen molar-refractivity contribution in [3.05, 3.63) is 96.2 Å². The number of pyridine rings is 1. The van der Waals surface area contributed by atoms with Gasteiger partial charge in [0.2, 0.25) is 0 Å². The first-order valence-electron chi connectivity index (χ1n) is 8.87. The Bertz CT molecular complexity index is 1190. The van der Waals surface area contributed by atoms with E-state index in [9.17, 15) is 14.7 Å². The highest BCUT2D eigenvalue weighted by atomic mass is 16.5. The fraction of sp³-hybridized carbons (Fsp3) is 0. The van der Waals surface area contributed by atoms with Crippen molar-refractivity contribution >= 4 is 28.5 Å². The molecule has 4 rings (SSSR count). The van der Waals surface area contributed by atoms with E-state index in [1.807, 2.05) is 30.3 Å². The zero-order valence-electron chi connectivity index (χ0n) is 15.2. The fourth-order valence-electron chi connectivity index (χ4n) is 2.88. The van der Waals surface area contributed by atoms with Crippen LogP contribution in [0, 0.1) is 0 Å². The first-order chi connectivity index (χ1) is 14.1. The first-order valence-corrected chi connectivity index (χ1v) is 8.87. The lowest BCUT2D eigenvalue weighted by Gasteiger charge is -2.10. The van der Waals surface area contributed by atoms with Crippen molar-refractivity contribution in [2.45, 2.75) is 0 Å². The second kappa shape index (κ2) is 7.82. The summed E-state index contributed by atoms with van der Waals surface area (Å²) in [4.78, 5) is 28.4. The Morgan fingerprint density at radius 2 is 1.48 bits per heavy atom. The van der Waals surface area contributed by atoms with Gasteiger partial charge in [0, 0.05) is 11.1 Å². The number of hydrogen-bond donors (Lipinski definition) is 2. The van der Waals surface area contributed by atoms with Crippen LogP contribution in [0.1, 0.15) is 20.8 Å². The van der Waals surface area contributed by atoms with Gasteiger partial charge in [-0.15, -0.1) is 0 Å². The van der Waals surface area contributed by atoms with Crippen molar-refractivity contribution in [1.29, 1.82) is 0 Å². The van der Waals surface area contributed by atoms with Crippen LogP contribution in [0.15, 0.2) is 84.9 Å². The lowest BCUT2D eigenvalue weighted by atomic mass is 10.1. The molecule has 0 aliphatic carbocycles. The average Bonchev–Trinajstić information content (AvgIpc) is 2.75. The van der Waals surface area contributed by atoms with Gasteiger partial charge in [0.25, 0.3) is 5.91 Å². The van der Waals surface area contributed by atoms with Gasteiger partial charge in [0.05, 0.1) is 11.1 Å². The lowest BCUT2D eigenvalue weighted by molar-refractivity contribution is 0.0686. The molecule has 1 heterocycles. The number of para-hydroxylation sites is 2. The molecule has 3 aromatic carbocycles. The number of carbonyl (C=O) groups is 2. The number of carboxylic acids is 1. The number of aromatic carboxylic acids is 1. The van der Waals surface area contributed by atoms with Gasteiger partial charge in [-0.3, -0.25) is 4.79 Å². The number of anilines is 1. The summed E-state index contributed by atoms with van der Waals surface area (Å²) in [5, 5.41) is 12.9. The zero-order chi connectivity index (χ0) is 20.2. The summed E-state index contributed by atoms with van der Waals surface area (Å²) in [6, 6.07) is 24.7. The average molecular weight is 384 g/mol. The fourth-order valence-corrected chi connectivity index (χ4v) is 2.88. The minimum Gasteiger partial charge on any atom is -0.476 e. The molecular formula is C23H16N2O4. The quantitative estimate of drug-likeness (QED) is 0.507. The van der Waals surface area contributed by atoms with Crippen LogP contribution in [-0.4, -0.2) is 22.0 Å². The Morgan fingerprint density at radius 3 is 2.21 bits per heavy atom. The van der Waals surface area contributed by atoms with E-state index in [4.69, 9.17) is 4.74 Å². The minimum atomic E-state index is -1.26. The zero-order valence-corrected chi connectivity index (χ0v) is 15.2. The van der Waals surface area contributed by atoms with Crippen LogP contribution in [0.2, 0.25) is 0 Å². The van der Waals surface area contributed by atoms with Crippen molar-refractivity contribution in [2.75, 3.05) is 5.32 Å². The number of benzene rings is 3. The van der Waals surface area contributed by atoms with Crippen LogP contribution >= 0.6 is 0 Å². The number of fused-ring (bicyclic) bond motifs is 1. The van der Waals surface area contributed by atoms with Crippen LogP contribution in [0.4, 0.5) is 5.69 Å². The number of carbonyl (C=O) groups excluding carboxylic acids is 1. The van der Waals surface area contributed by atoms with Crippen molar-refractivity contribution in [1.82, 2.24) is 4.98 Å². The lowest BCUT2D eigenvalue weighted by Crippen LogP contribution is -2.17. The number of nitrogens with zero attached hydrogens (tertiary/aromatic N) is 1. The molecule has 0 aliphatic rings. The van der Waals surface area contributed by atoms with E-state index in [1.54, 1.807) is 48.5 Å². The van der Waals surface area contributed by atoms with Gasteiger partial charge in [-0.05, 0) is 48.5 Å². The summed E-state index contributed by atoms with van der Waals surface area (Å²) >= 11 is 0. The maximum Gasteiger partial charge on any atom is 0.355 e. The van der Waals surface area contributed by atoms with Crippen molar-refractivity contribution in [3.63, 3.8) is 0 Å². The standard InChI is InChI=1S/C23H16N2O4/c26-22(19-14-15-6-4-5-9-20(15)25-21(19)23(27)28)24-16-10-12-18(13-11-16)29-17-7-2-1-3-8-17/h1-14H,(H,24,26)(H,27,28). The van der Waals surface area contributed by atoms with E-state index in [-0.39, 0.29) is 11.3 Å². The topological polar surface area (TPSA) is 88.5 Å². The normalized spacial score (nSPS) is 10.5. The van der Waals surface area contributed by atoms with Crippen LogP contribution in [0.25, 0.3) is 10.9 Å². The molecule has 6 heteroatoms. The molecule has 0 saturated heterocycles. The molecule has 0 unspecified atom stereocenters. The number of hydrogen-bond acceptors (Lipinski definition) is 4. The Hall–Kier alpha value is -4.19. The van der Waals surface area contributed by atoms with Crippen molar-refractivity contribution in [2.24, 2.45) is 0 Å². The van der Waals surface area contributed by atoms with Gasteiger partial charge in [0.1, 0.15) is 11.5 Å². The third-order valence-corrected chi connectivity index (χ3v) is 4.26. The summed E-state index contributed by atoms with van der Waals surface area (Å²) in [5.41, 5.74) is 0.745. The predicted molar refractivity (Wildman–Crippen MR) is 110 cm³/mol. The van der Waals surface area contributed by atoms with Gasteiger partial charge in [-0.1, -0.05) is 36.4 Å². The Kier molecular flexibility index (Phi) is 4.90. The maximum atomic E-state index is 12.7. The summed E-state index contributed by atoms with van der Waals surface area (Å²) < 4.78 is 5.72. The van der Waals surface area contributed by atoms with Gasteiger partial charge < -0.3 is 15.2 Å². The highest BCUT2D eigenvalue weighted by molar-refractivity contribution is 6.11. The molecule has 0 spiro atoms. The monoisotopic (exact) mass is 384 g/mol. The molecule has 1 aromatic heterocycles. The highest BCUT2D eigenvalue weighted by Gasteiger charge is 2.19. The molecule has 142 valence electrons. The minimum absolute atomic E-state index is 0.000752. The van der Waals surface area contributed by atoms with E-state index < -0.39 is 11.9 Å².